The second-order valence-corrected chi connectivity index (χ2v) is 4.88. The normalized spacial score (nSPS) is 10.9. The summed E-state index contributed by atoms with van der Waals surface area (Å²) in [5.74, 6) is 0. The molecule has 0 saturated carbocycles. The molecule has 0 bridgehead atoms. The molecule has 0 fully saturated rings. The second-order valence-electron chi connectivity index (χ2n) is 4.88. The molecular formula is C16H14N2O3. The topological polar surface area (TPSA) is 68.3 Å². The van der Waals surface area contributed by atoms with Gasteiger partial charge in [-0.25, -0.2) is 0 Å². The zero-order valence-electron chi connectivity index (χ0n) is 11.3. The van der Waals surface area contributed by atoms with Crippen LogP contribution in [0.15, 0.2) is 54.7 Å². The van der Waals surface area contributed by atoms with Crippen LogP contribution in [0.25, 0.3) is 10.9 Å². The minimum atomic E-state index is -0.404. The summed E-state index contributed by atoms with van der Waals surface area (Å²) in [5.41, 5.74) is 2.94. The van der Waals surface area contributed by atoms with E-state index in [-0.39, 0.29) is 12.3 Å². The van der Waals surface area contributed by atoms with Crippen LogP contribution in [-0.2, 0) is 13.2 Å². The van der Waals surface area contributed by atoms with Crippen LogP contribution in [-0.4, -0.2) is 14.6 Å². The smallest absolute Gasteiger partial charge is 0.269 e. The minimum Gasteiger partial charge on any atom is -0.392 e. The quantitative estimate of drug-likeness (QED) is 0.590. The lowest BCUT2D eigenvalue weighted by atomic mass is 10.1. The van der Waals surface area contributed by atoms with E-state index in [2.05, 4.69) is 0 Å². The van der Waals surface area contributed by atoms with E-state index in [0.29, 0.717) is 6.54 Å². The number of hydrogen-bond acceptors (Lipinski definition) is 3. The van der Waals surface area contributed by atoms with Crippen molar-refractivity contribution in [3.63, 3.8) is 0 Å². The van der Waals surface area contributed by atoms with Gasteiger partial charge in [-0.1, -0.05) is 30.3 Å². The Hall–Kier alpha value is -2.66. The lowest BCUT2D eigenvalue weighted by Crippen LogP contribution is -2.00. The lowest BCUT2D eigenvalue weighted by Gasteiger charge is -2.08. The number of aliphatic hydroxyl groups excluding tert-OH is 1. The molecule has 21 heavy (non-hydrogen) atoms. The average Bonchev–Trinajstić information content (AvgIpc) is 2.91. The number of benzene rings is 2. The minimum absolute atomic E-state index is 0.0123. The maximum absolute atomic E-state index is 10.7. The van der Waals surface area contributed by atoms with Gasteiger partial charge in [-0.15, -0.1) is 0 Å². The Balaban J connectivity index is 1.96. The third-order valence-corrected chi connectivity index (χ3v) is 3.54. The number of hydrogen-bond donors (Lipinski definition) is 1. The Bertz CT molecular complexity index is 791. The van der Waals surface area contributed by atoms with Crippen LogP contribution in [0.4, 0.5) is 5.69 Å². The lowest BCUT2D eigenvalue weighted by molar-refractivity contribution is -0.384. The number of nitro groups is 1. The molecule has 3 aromatic rings. The van der Waals surface area contributed by atoms with Crippen molar-refractivity contribution < 1.29 is 10.0 Å². The summed E-state index contributed by atoms with van der Waals surface area (Å²) in [7, 11) is 0. The number of nitro benzene ring substituents is 1. The molecule has 5 heteroatoms. The van der Waals surface area contributed by atoms with Crippen molar-refractivity contribution in [1.29, 1.82) is 0 Å². The van der Waals surface area contributed by atoms with Crippen molar-refractivity contribution in [1.82, 2.24) is 4.57 Å². The van der Waals surface area contributed by atoms with Gasteiger partial charge in [-0.3, -0.25) is 10.1 Å². The highest BCUT2D eigenvalue weighted by atomic mass is 16.6. The summed E-state index contributed by atoms with van der Waals surface area (Å²) in [5, 5.41) is 21.2. The van der Waals surface area contributed by atoms with Crippen molar-refractivity contribution >= 4 is 16.6 Å². The summed E-state index contributed by atoms with van der Waals surface area (Å²) in [6, 6.07) is 14.3. The average molecular weight is 282 g/mol. The molecule has 5 nitrogen and oxygen atoms in total. The third kappa shape index (κ3) is 2.51. The van der Waals surface area contributed by atoms with E-state index in [1.807, 2.05) is 35.0 Å². The van der Waals surface area contributed by atoms with E-state index in [0.717, 1.165) is 22.0 Å². The first-order valence-corrected chi connectivity index (χ1v) is 6.60. The first-order chi connectivity index (χ1) is 10.2. The molecule has 0 unspecified atom stereocenters. The molecule has 3 rings (SSSR count). The Morgan fingerprint density at radius 2 is 1.86 bits per heavy atom. The van der Waals surface area contributed by atoms with Gasteiger partial charge in [0, 0.05) is 30.4 Å². The molecule has 0 spiro atoms. The zero-order chi connectivity index (χ0) is 14.8. The number of para-hydroxylation sites is 1. The van der Waals surface area contributed by atoms with Crippen molar-refractivity contribution in [3.05, 3.63) is 76.0 Å². The van der Waals surface area contributed by atoms with E-state index in [1.165, 1.54) is 12.1 Å². The van der Waals surface area contributed by atoms with Gasteiger partial charge < -0.3 is 9.67 Å². The molecule has 1 heterocycles. The number of aromatic nitrogens is 1. The maximum Gasteiger partial charge on any atom is 0.269 e. The van der Waals surface area contributed by atoms with Crippen LogP contribution < -0.4 is 0 Å². The fourth-order valence-electron chi connectivity index (χ4n) is 2.52. The third-order valence-electron chi connectivity index (χ3n) is 3.54. The highest BCUT2D eigenvalue weighted by Gasteiger charge is 2.08. The first kappa shape index (κ1) is 13.3. The van der Waals surface area contributed by atoms with Crippen molar-refractivity contribution in [2.24, 2.45) is 0 Å². The summed E-state index contributed by atoms with van der Waals surface area (Å²) in [6.45, 7) is 0.597. The fourth-order valence-corrected chi connectivity index (χ4v) is 2.52. The first-order valence-electron chi connectivity index (χ1n) is 6.60. The summed E-state index contributed by atoms with van der Waals surface area (Å²) in [6.07, 6.45) is 1.96. The number of nitrogens with zero attached hydrogens (tertiary/aromatic N) is 2. The fraction of sp³-hybridized carbons (Fsp3) is 0.125. The predicted molar refractivity (Wildman–Crippen MR) is 80.1 cm³/mol. The molecule has 0 amide bonds. The number of rotatable bonds is 4. The molecule has 1 N–H and O–H groups in total. The van der Waals surface area contributed by atoms with Crippen molar-refractivity contribution in [2.75, 3.05) is 0 Å². The van der Waals surface area contributed by atoms with Crippen molar-refractivity contribution in [3.8, 4) is 0 Å². The molecule has 0 aliphatic heterocycles. The van der Waals surface area contributed by atoms with Gasteiger partial charge in [0.25, 0.3) is 5.69 Å². The monoisotopic (exact) mass is 282 g/mol. The van der Waals surface area contributed by atoms with Gasteiger partial charge in [0.05, 0.1) is 17.0 Å². The number of non-ortho nitro benzene ring substituents is 1. The largest absolute Gasteiger partial charge is 0.392 e. The molecule has 1 aromatic heterocycles. The van der Waals surface area contributed by atoms with E-state index in [4.69, 9.17) is 0 Å². The maximum atomic E-state index is 10.7. The molecule has 0 radical (unpaired) electrons. The Labute approximate surface area is 121 Å². The number of fused-ring (bicyclic) bond motifs is 1. The van der Waals surface area contributed by atoms with Crippen LogP contribution >= 0.6 is 0 Å². The van der Waals surface area contributed by atoms with E-state index < -0.39 is 4.92 Å². The Morgan fingerprint density at radius 1 is 1.10 bits per heavy atom. The van der Waals surface area contributed by atoms with Crippen LogP contribution in [0.1, 0.15) is 11.1 Å². The number of aliphatic hydroxyl groups is 1. The Morgan fingerprint density at radius 3 is 2.52 bits per heavy atom. The van der Waals surface area contributed by atoms with Gasteiger partial charge in [0.15, 0.2) is 0 Å². The molecular weight excluding hydrogens is 268 g/mol. The van der Waals surface area contributed by atoms with Gasteiger partial charge in [-0.05, 0) is 17.0 Å². The van der Waals surface area contributed by atoms with Crippen LogP contribution in [0.5, 0.6) is 0 Å². The van der Waals surface area contributed by atoms with Gasteiger partial charge in [-0.2, -0.15) is 0 Å². The molecule has 0 aliphatic carbocycles. The molecule has 2 aromatic carbocycles. The van der Waals surface area contributed by atoms with Crippen LogP contribution in [0.2, 0.25) is 0 Å². The molecule has 0 aliphatic rings. The van der Waals surface area contributed by atoms with Crippen LogP contribution in [0, 0.1) is 10.1 Å². The standard InChI is InChI=1S/C16H14N2O3/c19-11-14-3-1-2-13-8-9-17(16(13)14)10-12-4-6-15(7-5-12)18(20)21/h1-9,19H,10-11H2. The highest BCUT2D eigenvalue weighted by molar-refractivity contribution is 5.83. The van der Waals surface area contributed by atoms with Crippen LogP contribution in [0.3, 0.4) is 0 Å². The van der Waals surface area contributed by atoms with Gasteiger partial charge in [0.1, 0.15) is 0 Å². The summed E-state index contributed by atoms with van der Waals surface area (Å²) in [4.78, 5) is 10.3. The molecule has 0 saturated heterocycles. The molecule has 106 valence electrons. The summed E-state index contributed by atoms with van der Waals surface area (Å²) < 4.78 is 2.04. The Kier molecular flexibility index (Phi) is 3.41. The molecule has 0 atom stereocenters. The van der Waals surface area contributed by atoms with Crippen molar-refractivity contribution in [2.45, 2.75) is 13.2 Å². The van der Waals surface area contributed by atoms with E-state index in [1.54, 1.807) is 12.1 Å². The van der Waals surface area contributed by atoms with E-state index in [9.17, 15) is 15.2 Å². The SMILES string of the molecule is O=[N+]([O-])c1ccc(Cn2ccc3cccc(CO)c32)cc1. The van der Waals surface area contributed by atoms with E-state index >= 15 is 0 Å². The predicted octanol–water partition coefficient (Wildman–Crippen LogP) is 3.09. The zero-order valence-corrected chi connectivity index (χ0v) is 11.3. The highest BCUT2D eigenvalue weighted by Crippen LogP contribution is 2.22. The second kappa shape index (κ2) is 5.38. The van der Waals surface area contributed by atoms with Gasteiger partial charge >= 0.3 is 0 Å². The summed E-state index contributed by atoms with van der Waals surface area (Å²) >= 11 is 0. The van der Waals surface area contributed by atoms with Gasteiger partial charge in [0.2, 0.25) is 0 Å².